The molecule has 0 fully saturated rings. The van der Waals surface area contributed by atoms with E-state index in [0.717, 1.165) is 0 Å². The summed E-state index contributed by atoms with van der Waals surface area (Å²) in [6, 6.07) is 0. The number of hydrazine groups is 1. The first-order valence-electron chi connectivity index (χ1n) is 2.24. The summed E-state index contributed by atoms with van der Waals surface area (Å²) < 4.78 is 0. The number of halogens is 2. The molecule has 0 unspecified atom stereocenters. The Balaban J connectivity index is 3.11. The van der Waals surface area contributed by atoms with E-state index in [1.807, 2.05) is 0 Å². The summed E-state index contributed by atoms with van der Waals surface area (Å²) in [5.41, 5.74) is 0. The highest BCUT2D eigenvalue weighted by molar-refractivity contribution is 6.58. The van der Waals surface area contributed by atoms with Crippen molar-refractivity contribution in [2.24, 2.45) is 5.84 Å². The first-order chi connectivity index (χ1) is 4.55. The molecule has 2 amide bonds. The van der Waals surface area contributed by atoms with E-state index < -0.39 is 11.8 Å². The van der Waals surface area contributed by atoms with Gasteiger partial charge in [0.05, 0.1) is 0 Å². The van der Waals surface area contributed by atoms with Crippen LogP contribution in [0.15, 0.2) is 10.1 Å². The predicted octanol–water partition coefficient (Wildman–Crippen LogP) is -0.0819. The number of rotatable bonds is 0. The topological polar surface area (TPSA) is 63.4 Å². The van der Waals surface area contributed by atoms with Crippen molar-refractivity contribution in [2.45, 2.75) is 0 Å². The number of carbonyl (C=O) groups excluding carboxylic acids is 2. The molecule has 0 saturated carbocycles. The molecule has 0 spiro atoms. The Morgan fingerprint density at radius 3 is 1.50 bits per heavy atom. The first-order valence-corrected chi connectivity index (χ1v) is 3.00. The molecule has 1 aliphatic rings. The molecule has 0 saturated heterocycles. The van der Waals surface area contributed by atoms with Crippen LogP contribution in [0.4, 0.5) is 0 Å². The third kappa shape index (κ3) is 0.811. The number of imide groups is 1. The van der Waals surface area contributed by atoms with Crippen LogP contribution in [0.3, 0.4) is 0 Å². The van der Waals surface area contributed by atoms with Gasteiger partial charge in [0, 0.05) is 0 Å². The molecule has 0 aromatic heterocycles. The van der Waals surface area contributed by atoms with Gasteiger partial charge in [0.25, 0.3) is 11.8 Å². The van der Waals surface area contributed by atoms with Gasteiger partial charge in [-0.15, -0.1) is 0 Å². The lowest BCUT2D eigenvalue weighted by Crippen LogP contribution is -2.37. The van der Waals surface area contributed by atoms with Gasteiger partial charge >= 0.3 is 0 Å². The number of carbonyl (C=O) groups is 2. The lowest BCUT2D eigenvalue weighted by atomic mass is 10.5. The van der Waals surface area contributed by atoms with E-state index in [9.17, 15) is 9.59 Å². The third-order valence-corrected chi connectivity index (χ3v) is 1.80. The molecule has 0 aromatic rings. The maximum atomic E-state index is 10.6. The minimum atomic E-state index is -0.767. The van der Waals surface area contributed by atoms with Crippen molar-refractivity contribution in [3.63, 3.8) is 0 Å². The molecule has 10 heavy (non-hydrogen) atoms. The quantitative estimate of drug-likeness (QED) is 0.323. The van der Waals surface area contributed by atoms with E-state index in [1.165, 1.54) is 0 Å². The van der Waals surface area contributed by atoms with Crippen molar-refractivity contribution < 1.29 is 9.59 Å². The summed E-state index contributed by atoms with van der Waals surface area (Å²) in [6.45, 7) is 0. The summed E-state index contributed by atoms with van der Waals surface area (Å²) in [5, 5.41) is -0.284. The summed E-state index contributed by atoms with van der Waals surface area (Å²) in [6.07, 6.45) is 0. The zero-order valence-corrected chi connectivity index (χ0v) is 6.11. The molecule has 6 heteroatoms. The van der Waals surface area contributed by atoms with Crippen molar-refractivity contribution in [3.8, 4) is 0 Å². The minimum Gasteiger partial charge on any atom is -0.266 e. The number of amides is 2. The second kappa shape index (κ2) is 2.23. The molecule has 4 nitrogen and oxygen atoms in total. The van der Waals surface area contributed by atoms with E-state index in [1.54, 1.807) is 0 Å². The number of nitrogens with zero attached hydrogens (tertiary/aromatic N) is 1. The van der Waals surface area contributed by atoms with Crippen LogP contribution in [0.5, 0.6) is 0 Å². The Hall–Kier alpha value is -0.580. The van der Waals surface area contributed by atoms with Crippen LogP contribution in [0.1, 0.15) is 0 Å². The molecule has 0 bridgehead atoms. The van der Waals surface area contributed by atoms with Crippen LogP contribution in [0.2, 0.25) is 0 Å². The Bertz CT molecular complexity index is 224. The number of hydrogen-bond donors (Lipinski definition) is 1. The molecule has 1 aliphatic heterocycles. The highest BCUT2D eigenvalue weighted by atomic mass is 35.5. The Morgan fingerprint density at radius 2 is 1.40 bits per heavy atom. The Kier molecular flexibility index (Phi) is 1.68. The van der Waals surface area contributed by atoms with Gasteiger partial charge in [-0.25, -0.2) is 10.9 Å². The van der Waals surface area contributed by atoms with Crippen LogP contribution < -0.4 is 5.84 Å². The van der Waals surface area contributed by atoms with Gasteiger partial charge in [0.15, 0.2) is 0 Å². The maximum Gasteiger partial charge on any atom is 0.288 e. The van der Waals surface area contributed by atoms with Crippen LogP contribution in [-0.4, -0.2) is 16.8 Å². The summed E-state index contributed by atoms with van der Waals surface area (Å²) in [7, 11) is 0. The largest absolute Gasteiger partial charge is 0.288 e. The standard InChI is InChI=1S/C4H2Cl2N2O2/c5-1-2(6)4(10)8(7)3(1)9/h7H2. The molecule has 0 radical (unpaired) electrons. The minimum absolute atomic E-state index is 0.325. The monoisotopic (exact) mass is 180 g/mol. The average Bonchev–Trinajstić information content (AvgIpc) is 2.07. The van der Waals surface area contributed by atoms with Crippen molar-refractivity contribution in [1.82, 2.24) is 5.01 Å². The summed E-state index contributed by atoms with van der Waals surface area (Å²) in [4.78, 5) is 21.3. The molecule has 1 rings (SSSR count). The van der Waals surface area contributed by atoms with Gasteiger partial charge in [-0.05, 0) is 0 Å². The lowest BCUT2D eigenvalue weighted by molar-refractivity contribution is -0.137. The Labute approximate surface area is 66.1 Å². The summed E-state index contributed by atoms with van der Waals surface area (Å²) >= 11 is 10.5. The maximum absolute atomic E-state index is 10.6. The fraction of sp³-hybridized carbons (Fsp3) is 0. The number of nitrogens with two attached hydrogens (primary N) is 1. The smallest absolute Gasteiger partial charge is 0.266 e. The van der Waals surface area contributed by atoms with Gasteiger partial charge in [-0.1, -0.05) is 23.2 Å². The molecule has 2 N–H and O–H groups in total. The van der Waals surface area contributed by atoms with E-state index in [-0.39, 0.29) is 10.1 Å². The third-order valence-electron chi connectivity index (χ3n) is 1.01. The van der Waals surface area contributed by atoms with Crippen LogP contribution >= 0.6 is 23.2 Å². The van der Waals surface area contributed by atoms with E-state index in [4.69, 9.17) is 29.0 Å². The van der Waals surface area contributed by atoms with Crippen molar-refractivity contribution in [1.29, 1.82) is 0 Å². The second-order valence-electron chi connectivity index (χ2n) is 1.61. The molecule has 0 aromatic carbocycles. The molecule has 0 aliphatic carbocycles. The molecule has 0 atom stereocenters. The lowest BCUT2D eigenvalue weighted by Gasteiger charge is -2.02. The van der Waals surface area contributed by atoms with E-state index in [0.29, 0.717) is 5.01 Å². The van der Waals surface area contributed by atoms with Crippen molar-refractivity contribution in [2.75, 3.05) is 0 Å². The van der Waals surface area contributed by atoms with E-state index >= 15 is 0 Å². The molecular weight excluding hydrogens is 179 g/mol. The molecule has 1 heterocycles. The van der Waals surface area contributed by atoms with Crippen molar-refractivity contribution >= 4 is 35.0 Å². The second-order valence-corrected chi connectivity index (χ2v) is 2.36. The van der Waals surface area contributed by atoms with Gasteiger partial charge in [0.1, 0.15) is 10.1 Å². The van der Waals surface area contributed by atoms with Crippen LogP contribution in [-0.2, 0) is 9.59 Å². The predicted molar refractivity (Wildman–Crippen MR) is 34.8 cm³/mol. The molecular formula is C4H2Cl2N2O2. The zero-order valence-electron chi connectivity index (χ0n) is 4.60. The Morgan fingerprint density at radius 1 is 1.10 bits per heavy atom. The summed E-state index contributed by atoms with van der Waals surface area (Å²) in [5.74, 6) is 3.39. The SMILES string of the molecule is NN1C(=O)C(Cl)=C(Cl)C1=O. The zero-order chi connectivity index (χ0) is 7.89. The number of hydrogen-bond acceptors (Lipinski definition) is 3. The van der Waals surface area contributed by atoms with Gasteiger partial charge < -0.3 is 0 Å². The highest BCUT2D eigenvalue weighted by Gasteiger charge is 2.34. The van der Waals surface area contributed by atoms with E-state index in [2.05, 4.69) is 0 Å². The molecule has 54 valence electrons. The van der Waals surface area contributed by atoms with Crippen LogP contribution in [0, 0.1) is 0 Å². The first kappa shape index (κ1) is 7.53. The van der Waals surface area contributed by atoms with Crippen molar-refractivity contribution in [3.05, 3.63) is 10.1 Å². The average molecular weight is 181 g/mol. The fourth-order valence-corrected chi connectivity index (χ4v) is 0.835. The van der Waals surface area contributed by atoms with Gasteiger partial charge in [0.2, 0.25) is 0 Å². The van der Waals surface area contributed by atoms with Gasteiger partial charge in [-0.3, -0.25) is 9.59 Å². The fourth-order valence-electron chi connectivity index (χ4n) is 0.491. The van der Waals surface area contributed by atoms with Crippen LogP contribution in [0.25, 0.3) is 0 Å². The highest BCUT2D eigenvalue weighted by Crippen LogP contribution is 2.23. The normalized spacial score (nSPS) is 19.3. The van der Waals surface area contributed by atoms with Gasteiger partial charge in [-0.2, -0.15) is 0 Å².